The minimum atomic E-state index is -2.88. The molecule has 0 spiro atoms. The molecule has 9 heteroatoms. The molecular weight excluding hydrogens is 364 g/mol. The Morgan fingerprint density at radius 2 is 2.25 bits per heavy atom. The highest BCUT2D eigenvalue weighted by Gasteiger charge is 2.35. The van der Waals surface area contributed by atoms with Gasteiger partial charge in [0.1, 0.15) is 11.8 Å². The van der Waals surface area contributed by atoms with Gasteiger partial charge in [-0.3, -0.25) is 4.57 Å². The van der Waals surface area contributed by atoms with E-state index < -0.39 is 9.84 Å². The van der Waals surface area contributed by atoms with Crippen LogP contribution in [0.4, 0.5) is 0 Å². The topological polar surface area (TPSA) is 61.3 Å². The molecule has 24 heavy (non-hydrogen) atoms. The van der Waals surface area contributed by atoms with Crippen LogP contribution in [0.1, 0.15) is 20.3 Å². The molecule has 1 N–H and O–H groups in total. The van der Waals surface area contributed by atoms with Crippen molar-refractivity contribution in [1.82, 2.24) is 14.3 Å². The molecule has 0 radical (unpaired) electrons. The Bertz CT molecular complexity index is 852. The Balaban J connectivity index is 1.88. The van der Waals surface area contributed by atoms with Gasteiger partial charge in [-0.25, -0.2) is 8.42 Å². The number of sulfone groups is 1. The number of nitrogens with one attached hydrogen (secondary N) is 1. The van der Waals surface area contributed by atoms with Gasteiger partial charge >= 0.3 is 0 Å². The molecule has 1 aliphatic heterocycles. The van der Waals surface area contributed by atoms with Gasteiger partial charge in [0.25, 0.3) is 0 Å². The summed E-state index contributed by atoms with van der Waals surface area (Å²) in [7, 11) is -2.88. The van der Waals surface area contributed by atoms with E-state index in [1.165, 1.54) is 4.90 Å². The first kappa shape index (κ1) is 17.8. The summed E-state index contributed by atoms with van der Waals surface area (Å²) >= 11 is 7.26. The van der Waals surface area contributed by atoms with Gasteiger partial charge in [-0.2, -0.15) is 4.68 Å². The molecule has 1 aliphatic rings. The monoisotopic (exact) mass is 387 g/mol. The van der Waals surface area contributed by atoms with Gasteiger partial charge in [0, 0.05) is 13.0 Å². The summed E-state index contributed by atoms with van der Waals surface area (Å²) < 4.78 is 28.2. The molecule has 3 rings (SSSR count). The SMILES string of the molecule is CCn1c(-c2cccs2)nn(C[NH+](CC)[C@H]2CCS(=O)(=O)C2)c1=S. The van der Waals surface area contributed by atoms with Crippen molar-refractivity contribution < 1.29 is 13.3 Å². The average molecular weight is 388 g/mol. The van der Waals surface area contributed by atoms with Crippen LogP contribution in [-0.4, -0.2) is 46.9 Å². The molecule has 3 heterocycles. The summed E-state index contributed by atoms with van der Waals surface area (Å²) in [6.45, 7) is 6.38. The fourth-order valence-electron chi connectivity index (χ4n) is 3.26. The highest BCUT2D eigenvalue weighted by Crippen LogP contribution is 2.23. The molecule has 2 aromatic heterocycles. The average Bonchev–Trinajstić information content (AvgIpc) is 3.24. The fourth-order valence-corrected chi connectivity index (χ4v) is 6.12. The van der Waals surface area contributed by atoms with E-state index in [0.29, 0.717) is 17.2 Å². The summed E-state index contributed by atoms with van der Waals surface area (Å²) in [6, 6.07) is 4.19. The number of quaternary nitrogens is 1. The molecule has 6 nitrogen and oxygen atoms in total. The molecule has 132 valence electrons. The third-order valence-corrected chi connectivity index (χ3v) is 7.66. The minimum Gasteiger partial charge on any atom is -0.313 e. The zero-order valence-electron chi connectivity index (χ0n) is 13.9. The van der Waals surface area contributed by atoms with Crippen LogP contribution in [0.25, 0.3) is 10.7 Å². The van der Waals surface area contributed by atoms with Crippen molar-refractivity contribution in [2.24, 2.45) is 0 Å². The zero-order chi connectivity index (χ0) is 17.3. The van der Waals surface area contributed by atoms with E-state index in [0.717, 1.165) is 30.2 Å². The molecule has 0 aliphatic carbocycles. The highest BCUT2D eigenvalue weighted by molar-refractivity contribution is 7.91. The van der Waals surface area contributed by atoms with Crippen molar-refractivity contribution >= 4 is 33.4 Å². The van der Waals surface area contributed by atoms with Crippen LogP contribution < -0.4 is 4.90 Å². The predicted octanol–water partition coefficient (Wildman–Crippen LogP) is 1.21. The molecule has 0 aromatic carbocycles. The van der Waals surface area contributed by atoms with Crippen molar-refractivity contribution in [3.8, 4) is 10.7 Å². The van der Waals surface area contributed by atoms with Crippen molar-refractivity contribution in [2.45, 2.75) is 39.5 Å². The van der Waals surface area contributed by atoms with Gasteiger partial charge in [-0.15, -0.1) is 16.4 Å². The summed E-state index contributed by atoms with van der Waals surface area (Å²) in [5.74, 6) is 1.47. The van der Waals surface area contributed by atoms with Gasteiger partial charge < -0.3 is 4.90 Å². The van der Waals surface area contributed by atoms with Crippen molar-refractivity contribution in [1.29, 1.82) is 0 Å². The number of aromatic nitrogens is 3. The largest absolute Gasteiger partial charge is 0.313 e. The van der Waals surface area contributed by atoms with Crippen LogP contribution in [0.5, 0.6) is 0 Å². The first-order valence-corrected chi connectivity index (χ1v) is 11.3. The lowest BCUT2D eigenvalue weighted by Crippen LogP contribution is -3.15. The third-order valence-electron chi connectivity index (χ3n) is 4.60. The molecule has 1 fully saturated rings. The lowest BCUT2D eigenvalue weighted by molar-refractivity contribution is -0.943. The Kier molecular flexibility index (Phi) is 5.24. The summed E-state index contributed by atoms with van der Waals surface area (Å²) in [6.07, 6.45) is 0.727. The molecule has 0 amide bonds. The van der Waals surface area contributed by atoms with Crippen LogP contribution in [0.2, 0.25) is 0 Å². The summed E-state index contributed by atoms with van der Waals surface area (Å²) in [4.78, 5) is 2.33. The molecule has 2 atom stereocenters. The smallest absolute Gasteiger partial charge is 0.203 e. The molecule has 0 saturated carbocycles. The van der Waals surface area contributed by atoms with Crippen LogP contribution in [-0.2, 0) is 23.1 Å². The van der Waals surface area contributed by atoms with Crippen LogP contribution in [0.3, 0.4) is 0 Å². The first-order chi connectivity index (χ1) is 11.4. The Hall–Kier alpha value is -1.03. The lowest BCUT2D eigenvalue weighted by Gasteiger charge is -2.23. The van der Waals surface area contributed by atoms with Gasteiger partial charge in [0.15, 0.2) is 22.3 Å². The standard InChI is InChI=1S/C15H22N4O2S3/c1-3-17(12-7-9-24(20,21)10-12)11-19-15(22)18(4-2)14(16-19)13-6-5-8-23-13/h5-6,8,12H,3-4,7,9-11H2,1-2H3/p+1/t12-/m0/s1. The van der Waals surface area contributed by atoms with Gasteiger partial charge in [0.2, 0.25) is 4.77 Å². The van der Waals surface area contributed by atoms with E-state index in [1.54, 1.807) is 11.3 Å². The first-order valence-electron chi connectivity index (χ1n) is 8.21. The number of thiophene rings is 1. The quantitative estimate of drug-likeness (QED) is 0.757. The summed E-state index contributed by atoms with van der Waals surface area (Å²) in [5, 5.41) is 6.77. The van der Waals surface area contributed by atoms with E-state index >= 15 is 0 Å². The lowest BCUT2D eigenvalue weighted by atomic mass is 10.2. The van der Waals surface area contributed by atoms with Crippen LogP contribution in [0, 0.1) is 4.77 Å². The van der Waals surface area contributed by atoms with Crippen molar-refractivity contribution in [2.75, 3.05) is 18.1 Å². The zero-order valence-corrected chi connectivity index (χ0v) is 16.4. The van der Waals surface area contributed by atoms with Crippen LogP contribution >= 0.6 is 23.6 Å². The highest BCUT2D eigenvalue weighted by atomic mass is 32.2. The maximum atomic E-state index is 11.8. The second kappa shape index (κ2) is 7.07. The number of hydrogen-bond acceptors (Lipinski definition) is 5. The molecule has 0 bridgehead atoms. The minimum absolute atomic E-state index is 0.138. The Morgan fingerprint density at radius 3 is 2.79 bits per heavy atom. The van der Waals surface area contributed by atoms with E-state index in [4.69, 9.17) is 17.3 Å². The second-order valence-corrected chi connectivity index (χ2v) is 9.64. The molecule has 2 aromatic rings. The molecule has 1 unspecified atom stereocenters. The summed E-state index contributed by atoms with van der Waals surface area (Å²) in [5.41, 5.74) is 0. The Labute approximate surface area is 151 Å². The maximum Gasteiger partial charge on any atom is 0.203 e. The predicted molar refractivity (Wildman–Crippen MR) is 98.6 cm³/mol. The normalized spacial score (nSPS) is 21.2. The Morgan fingerprint density at radius 1 is 1.46 bits per heavy atom. The van der Waals surface area contributed by atoms with E-state index in [2.05, 4.69) is 13.8 Å². The van der Waals surface area contributed by atoms with Crippen molar-refractivity contribution in [3.63, 3.8) is 0 Å². The fraction of sp³-hybridized carbons (Fsp3) is 0.600. The number of nitrogens with zero attached hydrogens (tertiary/aromatic N) is 3. The number of hydrogen-bond donors (Lipinski definition) is 1. The van der Waals surface area contributed by atoms with Crippen LogP contribution in [0.15, 0.2) is 17.5 Å². The van der Waals surface area contributed by atoms with E-state index in [-0.39, 0.29) is 11.8 Å². The second-order valence-electron chi connectivity index (χ2n) is 6.10. The van der Waals surface area contributed by atoms with Gasteiger partial charge in [0.05, 0.1) is 17.2 Å². The number of rotatable bonds is 6. The van der Waals surface area contributed by atoms with E-state index in [9.17, 15) is 8.42 Å². The van der Waals surface area contributed by atoms with E-state index in [1.807, 2.05) is 26.8 Å². The molecular formula is C15H23N4O2S3+. The third kappa shape index (κ3) is 3.49. The van der Waals surface area contributed by atoms with Crippen molar-refractivity contribution in [3.05, 3.63) is 22.3 Å². The van der Waals surface area contributed by atoms with Gasteiger partial charge in [-0.05, 0) is 37.5 Å². The maximum absolute atomic E-state index is 11.8. The molecule has 1 saturated heterocycles. The van der Waals surface area contributed by atoms with Gasteiger partial charge in [-0.1, -0.05) is 6.07 Å².